The molecule has 1 aliphatic rings. The van der Waals surface area contributed by atoms with Gasteiger partial charge in [-0.15, -0.1) is 0 Å². The minimum absolute atomic E-state index is 0.506. The number of methoxy groups -OCH3 is 1. The van der Waals surface area contributed by atoms with Gasteiger partial charge in [0.2, 0.25) is 0 Å². The lowest BCUT2D eigenvalue weighted by atomic mass is 9.85. The van der Waals surface area contributed by atoms with Gasteiger partial charge >= 0.3 is 0 Å². The van der Waals surface area contributed by atoms with Crippen molar-refractivity contribution < 1.29 is 9.84 Å². The number of piperidine rings is 1. The molecule has 2 heterocycles. The number of ether oxygens (including phenoxy) is 1. The summed E-state index contributed by atoms with van der Waals surface area (Å²) in [6.07, 6.45) is 3.70. The van der Waals surface area contributed by atoms with Crippen molar-refractivity contribution in [1.82, 2.24) is 9.88 Å². The molecule has 2 aromatic rings. The number of hydrogen-bond donors (Lipinski definition) is 1. The van der Waals surface area contributed by atoms with E-state index in [-0.39, 0.29) is 0 Å². The van der Waals surface area contributed by atoms with Crippen LogP contribution in [0.4, 0.5) is 0 Å². The van der Waals surface area contributed by atoms with Crippen molar-refractivity contribution in [3.05, 3.63) is 36.0 Å². The van der Waals surface area contributed by atoms with Crippen LogP contribution < -0.4 is 4.74 Å². The lowest BCUT2D eigenvalue weighted by Gasteiger charge is -2.37. The Morgan fingerprint density at radius 1 is 1.38 bits per heavy atom. The quantitative estimate of drug-likeness (QED) is 0.910. The van der Waals surface area contributed by atoms with Gasteiger partial charge in [-0.1, -0.05) is 20.3 Å². The Kier molecular flexibility index (Phi) is 5.36. The first-order valence-electron chi connectivity index (χ1n) is 8.95. The number of rotatable bonds is 5. The monoisotopic (exact) mass is 328 g/mol. The van der Waals surface area contributed by atoms with Crippen molar-refractivity contribution in [3.8, 4) is 5.75 Å². The number of hydrogen-bond acceptors (Lipinski definition) is 4. The van der Waals surface area contributed by atoms with Crippen LogP contribution in [0.25, 0.3) is 10.9 Å². The highest BCUT2D eigenvalue weighted by molar-refractivity contribution is 5.83. The lowest BCUT2D eigenvalue weighted by Crippen LogP contribution is -2.41. The van der Waals surface area contributed by atoms with Crippen molar-refractivity contribution in [3.63, 3.8) is 0 Å². The molecule has 4 heteroatoms. The van der Waals surface area contributed by atoms with Crippen molar-refractivity contribution in [2.24, 2.45) is 11.8 Å². The summed E-state index contributed by atoms with van der Waals surface area (Å²) in [7, 11) is 1.66. The molecular formula is C20H28N2O2. The highest BCUT2D eigenvalue weighted by atomic mass is 16.5. The van der Waals surface area contributed by atoms with E-state index >= 15 is 0 Å². The SMILES string of the molecule is CCC1CN(C[C@@H](O)c2ccnc3ccc(OC)cc23)CCC1C. The predicted molar refractivity (Wildman–Crippen MR) is 97.3 cm³/mol. The van der Waals surface area contributed by atoms with E-state index in [4.69, 9.17) is 4.74 Å². The number of likely N-dealkylation sites (tertiary alicyclic amines) is 1. The Labute approximate surface area is 144 Å². The van der Waals surface area contributed by atoms with Gasteiger partial charge in [-0.25, -0.2) is 0 Å². The van der Waals surface area contributed by atoms with E-state index in [2.05, 4.69) is 23.7 Å². The Morgan fingerprint density at radius 3 is 2.96 bits per heavy atom. The van der Waals surface area contributed by atoms with Crippen LogP contribution in [0.3, 0.4) is 0 Å². The third-order valence-electron chi connectivity index (χ3n) is 5.50. The zero-order valence-corrected chi connectivity index (χ0v) is 14.9. The number of aliphatic hydroxyl groups is 1. The largest absolute Gasteiger partial charge is 0.497 e. The number of β-amino-alcohol motifs (C(OH)–C–C–N with tert-alkyl or cyclic N) is 1. The molecule has 130 valence electrons. The van der Waals surface area contributed by atoms with Crippen LogP contribution in [-0.4, -0.2) is 41.7 Å². The Balaban J connectivity index is 1.80. The molecule has 3 atom stereocenters. The predicted octanol–water partition coefficient (Wildman–Crippen LogP) is 3.64. The van der Waals surface area contributed by atoms with Crippen molar-refractivity contribution in [1.29, 1.82) is 0 Å². The summed E-state index contributed by atoms with van der Waals surface area (Å²) in [5.41, 5.74) is 1.83. The zero-order chi connectivity index (χ0) is 17.1. The topological polar surface area (TPSA) is 45.6 Å². The molecule has 4 nitrogen and oxygen atoms in total. The van der Waals surface area contributed by atoms with E-state index in [0.29, 0.717) is 6.54 Å². The highest BCUT2D eigenvalue weighted by Gasteiger charge is 2.26. The minimum atomic E-state index is -0.506. The first-order valence-corrected chi connectivity index (χ1v) is 8.95. The van der Waals surface area contributed by atoms with Crippen LogP contribution in [0.15, 0.2) is 30.5 Å². The zero-order valence-electron chi connectivity index (χ0n) is 14.9. The average Bonchev–Trinajstić information content (AvgIpc) is 2.62. The molecular weight excluding hydrogens is 300 g/mol. The lowest BCUT2D eigenvalue weighted by molar-refractivity contribution is 0.0651. The first kappa shape index (κ1) is 17.2. The highest BCUT2D eigenvalue weighted by Crippen LogP contribution is 2.30. The molecule has 0 aliphatic carbocycles. The fraction of sp³-hybridized carbons (Fsp3) is 0.550. The summed E-state index contributed by atoms with van der Waals surface area (Å²) in [6, 6.07) is 7.74. The molecule has 0 spiro atoms. The number of fused-ring (bicyclic) bond motifs is 1. The molecule has 0 saturated carbocycles. The molecule has 0 radical (unpaired) electrons. The molecule has 1 aliphatic heterocycles. The van der Waals surface area contributed by atoms with Gasteiger partial charge < -0.3 is 14.7 Å². The Bertz CT molecular complexity index is 688. The third kappa shape index (κ3) is 3.55. The average molecular weight is 328 g/mol. The molecule has 1 N–H and O–H groups in total. The fourth-order valence-electron chi connectivity index (χ4n) is 3.83. The summed E-state index contributed by atoms with van der Waals surface area (Å²) in [5, 5.41) is 11.8. The van der Waals surface area contributed by atoms with E-state index in [9.17, 15) is 5.11 Å². The number of aromatic nitrogens is 1. The second-order valence-corrected chi connectivity index (χ2v) is 6.99. The van der Waals surface area contributed by atoms with Crippen molar-refractivity contribution in [2.45, 2.75) is 32.8 Å². The van der Waals surface area contributed by atoms with E-state index in [0.717, 1.165) is 47.1 Å². The number of benzene rings is 1. The van der Waals surface area contributed by atoms with E-state index in [1.165, 1.54) is 12.8 Å². The minimum Gasteiger partial charge on any atom is -0.497 e. The van der Waals surface area contributed by atoms with Gasteiger partial charge in [0.05, 0.1) is 18.7 Å². The maximum absolute atomic E-state index is 10.8. The van der Waals surface area contributed by atoms with Crippen molar-refractivity contribution >= 4 is 10.9 Å². The van der Waals surface area contributed by atoms with Gasteiger partial charge in [0.1, 0.15) is 5.75 Å². The summed E-state index contributed by atoms with van der Waals surface area (Å²) in [6.45, 7) is 7.45. The molecule has 3 rings (SSSR count). The van der Waals surface area contributed by atoms with Gasteiger partial charge in [0.25, 0.3) is 0 Å². The van der Waals surface area contributed by atoms with Gasteiger partial charge in [-0.3, -0.25) is 4.98 Å². The second kappa shape index (κ2) is 7.49. The maximum atomic E-state index is 10.8. The van der Waals surface area contributed by atoms with Crippen LogP contribution >= 0.6 is 0 Å². The molecule has 2 unspecified atom stereocenters. The first-order chi connectivity index (χ1) is 11.6. The smallest absolute Gasteiger partial charge is 0.119 e. The summed E-state index contributed by atoms with van der Waals surface area (Å²) < 4.78 is 5.33. The Hall–Kier alpha value is -1.65. The Morgan fingerprint density at radius 2 is 2.21 bits per heavy atom. The summed E-state index contributed by atoms with van der Waals surface area (Å²) in [4.78, 5) is 6.81. The number of nitrogens with zero attached hydrogens (tertiary/aromatic N) is 2. The van der Waals surface area contributed by atoms with Crippen LogP contribution in [0.5, 0.6) is 5.75 Å². The molecule has 1 aromatic carbocycles. The van der Waals surface area contributed by atoms with Crippen LogP contribution in [0, 0.1) is 11.8 Å². The second-order valence-electron chi connectivity index (χ2n) is 6.99. The van der Waals surface area contributed by atoms with Crippen molar-refractivity contribution in [2.75, 3.05) is 26.7 Å². The molecule has 0 amide bonds. The molecule has 1 fully saturated rings. The molecule has 24 heavy (non-hydrogen) atoms. The number of pyridine rings is 1. The van der Waals surface area contributed by atoms with E-state index in [1.807, 2.05) is 24.3 Å². The number of aliphatic hydroxyl groups excluding tert-OH is 1. The maximum Gasteiger partial charge on any atom is 0.119 e. The third-order valence-corrected chi connectivity index (χ3v) is 5.50. The van der Waals surface area contributed by atoms with Gasteiger partial charge in [0, 0.05) is 24.7 Å². The van der Waals surface area contributed by atoms with Crippen LogP contribution in [0.2, 0.25) is 0 Å². The van der Waals surface area contributed by atoms with Crippen LogP contribution in [-0.2, 0) is 0 Å². The van der Waals surface area contributed by atoms with Gasteiger partial charge in [-0.05, 0) is 54.6 Å². The van der Waals surface area contributed by atoms with Crippen LogP contribution in [0.1, 0.15) is 38.4 Å². The summed E-state index contributed by atoms with van der Waals surface area (Å²) in [5.74, 6) is 2.32. The molecule has 1 aromatic heterocycles. The fourth-order valence-corrected chi connectivity index (χ4v) is 3.83. The standard InChI is InChI=1S/C20H28N2O2/c1-4-15-12-22(10-8-14(15)2)13-20(23)17-7-9-21-19-6-5-16(24-3)11-18(17)19/h5-7,9,11,14-15,20,23H,4,8,10,12-13H2,1-3H3/t14?,15?,20-/m1/s1. The summed E-state index contributed by atoms with van der Waals surface area (Å²) >= 11 is 0. The van der Waals surface area contributed by atoms with Gasteiger partial charge in [0.15, 0.2) is 0 Å². The van der Waals surface area contributed by atoms with Gasteiger partial charge in [-0.2, -0.15) is 0 Å². The van der Waals surface area contributed by atoms with E-state index < -0.39 is 6.10 Å². The molecule has 0 bridgehead atoms. The van der Waals surface area contributed by atoms with E-state index in [1.54, 1.807) is 13.3 Å². The molecule has 1 saturated heterocycles. The normalized spacial score (nSPS) is 23.3.